The monoisotopic (exact) mass is 519 g/mol. The Labute approximate surface area is 222 Å². The van der Waals surface area contributed by atoms with Gasteiger partial charge in [-0.1, -0.05) is 13.0 Å². The number of nitrogens with zero attached hydrogens (tertiary/aromatic N) is 2. The standard InChI is InChI=1S/C29H37N5O4/c1-4-18-7-12-23(38-14-19-5-6-19)22(13-18)25-27-26(31-15-30-25)24(16(2)32-27)29(37)34-21-10-8-20(9-11-21)33-28(36)17(3)35/h7,12-13,15,17,19-21,32,35H,4-6,8-11,14H2,1-3H3,(H,33,36)(H,34,37)/t17-,20-,21+/m0/s1. The minimum atomic E-state index is -1.02. The summed E-state index contributed by atoms with van der Waals surface area (Å²) in [5.41, 5.74) is 5.41. The highest BCUT2D eigenvalue weighted by Gasteiger charge is 2.28. The van der Waals surface area contributed by atoms with Crippen molar-refractivity contribution in [2.45, 2.75) is 83.9 Å². The lowest BCUT2D eigenvalue weighted by Gasteiger charge is -2.30. The molecule has 4 N–H and O–H groups in total. The molecule has 1 aromatic carbocycles. The minimum Gasteiger partial charge on any atom is -0.493 e. The zero-order valence-electron chi connectivity index (χ0n) is 22.3. The zero-order chi connectivity index (χ0) is 26.8. The minimum absolute atomic E-state index is 0.0107. The van der Waals surface area contributed by atoms with E-state index in [0.717, 1.165) is 60.3 Å². The summed E-state index contributed by atoms with van der Waals surface area (Å²) in [7, 11) is 0. The molecule has 9 heteroatoms. The van der Waals surface area contributed by atoms with Crippen molar-refractivity contribution in [2.24, 2.45) is 5.92 Å². The largest absolute Gasteiger partial charge is 0.493 e. The molecule has 0 bridgehead atoms. The first kappa shape index (κ1) is 26.2. The van der Waals surface area contributed by atoms with Gasteiger partial charge in [0.05, 0.1) is 17.7 Å². The number of carbonyl (C=O) groups excluding carboxylic acids is 2. The van der Waals surface area contributed by atoms with Crippen LogP contribution in [0.25, 0.3) is 22.3 Å². The molecule has 2 aliphatic carbocycles. The lowest BCUT2D eigenvalue weighted by atomic mass is 9.90. The molecule has 38 heavy (non-hydrogen) atoms. The van der Waals surface area contributed by atoms with E-state index in [9.17, 15) is 14.7 Å². The molecule has 0 saturated heterocycles. The molecule has 202 valence electrons. The van der Waals surface area contributed by atoms with E-state index < -0.39 is 6.10 Å². The third-order valence-corrected chi connectivity index (χ3v) is 7.67. The number of benzene rings is 1. The quantitative estimate of drug-likeness (QED) is 0.340. The highest BCUT2D eigenvalue weighted by Crippen LogP contribution is 2.37. The van der Waals surface area contributed by atoms with E-state index >= 15 is 0 Å². The Kier molecular flexibility index (Phi) is 7.65. The highest BCUT2D eigenvalue weighted by molar-refractivity contribution is 6.09. The van der Waals surface area contributed by atoms with Gasteiger partial charge in [-0.25, -0.2) is 9.97 Å². The molecular formula is C29H37N5O4. The smallest absolute Gasteiger partial charge is 0.255 e. The molecule has 2 saturated carbocycles. The Bertz CT molecular complexity index is 1320. The Morgan fingerprint density at radius 3 is 2.47 bits per heavy atom. The Morgan fingerprint density at radius 1 is 1.11 bits per heavy atom. The molecular weight excluding hydrogens is 482 g/mol. The zero-order valence-corrected chi connectivity index (χ0v) is 22.3. The Balaban J connectivity index is 1.36. The summed E-state index contributed by atoms with van der Waals surface area (Å²) in [5.74, 6) is 0.911. The molecule has 2 aliphatic rings. The van der Waals surface area contributed by atoms with E-state index in [1.807, 2.05) is 13.0 Å². The molecule has 0 aliphatic heterocycles. The van der Waals surface area contributed by atoms with E-state index in [2.05, 4.69) is 44.6 Å². The maximum absolute atomic E-state index is 13.4. The molecule has 0 spiro atoms. The number of carbonyl (C=O) groups is 2. The normalized spacial score (nSPS) is 20.2. The van der Waals surface area contributed by atoms with Crippen molar-refractivity contribution in [1.29, 1.82) is 0 Å². The van der Waals surface area contributed by atoms with Crippen molar-refractivity contribution in [3.63, 3.8) is 0 Å². The highest BCUT2D eigenvalue weighted by atomic mass is 16.5. The third-order valence-electron chi connectivity index (χ3n) is 7.67. The average molecular weight is 520 g/mol. The molecule has 2 fully saturated rings. The molecule has 5 rings (SSSR count). The van der Waals surface area contributed by atoms with Crippen LogP contribution in [0, 0.1) is 12.8 Å². The van der Waals surface area contributed by atoms with Crippen molar-refractivity contribution in [3.05, 3.63) is 41.3 Å². The van der Waals surface area contributed by atoms with Crippen LogP contribution in [0.4, 0.5) is 0 Å². The van der Waals surface area contributed by atoms with Gasteiger partial charge >= 0.3 is 0 Å². The second-order valence-corrected chi connectivity index (χ2v) is 10.7. The van der Waals surface area contributed by atoms with E-state index in [1.165, 1.54) is 31.7 Å². The fourth-order valence-corrected chi connectivity index (χ4v) is 5.16. The number of aryl methyl sites for hydroxylation is 2. The van der Waals surface area contributed by atoms with Gasteiger partial charge in [-0.05, 0) is 82.4 Å². The van der Waals surface area contributed by atoms with E-state index in [4.69, 9.17) is 4.74 Å². The van der Waals surface area contributed by atoms with Gasteiger partial charge in [-0.15, -0.1) is 0 Å². The van der Waals surface area contributed by atoms with Gasteiger partial charge in [-0.3, -0.25) is 9.59 Å². The molecule has 2 heterocycles. The van der Waals surface area contributed by atoms with Crippen molar-refractivity contribution < 1.29 is 19.4 Å². The van der Waals surface area contributed by atoms with Gasteiger partial charge in [0.25, 0.3) is 5.91 Å². The number of hydrogen-bond acceptors (Lipinski definition) is 6. The van der Waals surface area contributed by atoms with E-state index in [1.54, 1.807) is 0 Å². The SMILES string of the molecule is CCc1ccc(OCC2CC2)c(-c2ncnc3c(C(=O)N[C@H]4CC[C@@H](NC(=O)[C@H](C)O)CC4)c(C)[nH]c23)c1. The van der Waals surface area contributed by atoms with Gasteiger partial charge in [0.2, 0.25) is 5.91 Å². The first-order chi connectivity index (χ1) is 18.3. The number of H-pyrrole nitrogens is 1. The fourth-order valence-electron chi connectivity index (χ4n) is 5.16. The number of fused-ring (bicyclic) bond motifs is 1. The van der Waals surface area contributed by atoms with E-state index in [-0.39, 0.29) is 23.9 Å². The molecule has 9 nitrogen and oxygen atoms in total. The van der Waals surface area contributed by atoms with Crippen LogP contribution < -0.4 is 15.4 Å². The summed E-state index contributed by atoms with van der Waals surface area (Å²) >= 11 is 0. The summed E-state index contributed by atoms with van der Waals surface area (Å²) < 4.78 is 6.20. The van der Waals surface area contributed by atoms with Crippen LogP contribution in [-0.2, 0) is 11.2 Å². The summed E-state index contributed by atoms with van der Waals surface area (Å²) in [6.07, 6.45) is 6.83. The fraction of sp³-hybridized carbons (Fsp3) is 0.517. The summed E-state index contributed by atoms with van der Waals surface area (Å²) in [6.45, 7) is 6.17. The molecule has 0 radical (unpaired) electrons. The van der Waals surface area contributed by atoms with Crippen LogP contribution in [0.3, 0.4) is 0 Å². The lowest BCUT2D eigenvalue weighted by Crippen LogP contribution is -2.46. The lowest BCUT2D eigenvalue weighted by molar-refractivity contribution is -0.129. The molecule has 2 amide bonds. The Morgan fingerprint density at radius 2 is 1.82 bits per heavy atom. The van der Waals surface area contributed by atoms with Gasteiger partial charge in [0.1, 0.15) is 29.4 Å². The number of aromatic nitrogens is 3. The van der Waals surface area contributed by atoms with Crippen molar-refractivity contribution in [1.82, 2.24) is 25.6 Å². The Hall–Kier alpha value is -3.46. The molecule has 0 unspecified atom stereocenters. The number of aliphatic hydroxyl groups is 1. The molecule has 3 aromatic rings. The van der Waals surface area contributed by atoms with Gasteiger partial charge in [0, 0.05) is 23.3 Å². The number of rotatable bonds is 9. The number of aromatic amines is 1. The first-order valence-electron chi connectivity index (χ1n) is 13.7. The van der Waals surface area contributed by atoms with Crippen LogP contribution in [0.15, 0.2) is 24.5 Å². The van der Waals surface area contributed by atoms with Crippen LogP contribution in [0.5, 0.6) is 5.75 Å². The number of nitrogens with one attached hydrogen (secondary N) is 3. The summed E-state index contributed by atoms with van der Waals surface area (Å²) in [4.78, 5) is 37.7. The van der Waals surface area contributed by atoms with E-state index in [0.29, 0.717) is 23.6 Å². The average Bonchev–Trinajstić information content (AvgIpc) is 3.67. The van der Waals surface area contributed by atoms with Crippen molar-refractivity contribution in [3.8, 4) is 17.0 Å². The van der Waals surface area contributed by atoms with Crippen LogP contribution in [0.1, 0.15) is 74.0 Å². The first-order valence-corrected chi connectivity index (χ1v) is 13.7. The predicted molar refractivity (Wildman–Crippen MR) is 145 cm³/mol. The predicted octanol–water partition coefficient (Wildman–Crippen LogP) is 3.82. The second-order valence-electron chi connectivity index (χ2n) is 10.7. The number of ether oxygens (including phenoxy) is 1. The van der Waals surface area contributed by atoms with Crippen molar-refractivity contribution >= 4 is 22.8 Å². The van der Waals surface area contributed by atoms with Crippen LogP contribution >= 0.6 is 0 Å². The maximum atomic E-state index is 13.4. The number of hydrogen-bond donors (Lipinski definition) is 4. The second kappa shape index (κ2) is 11.1. The third kappa shape index (κ3) is 5.67. The topological polar surface area (TPSA) is 129 Å². The molecule has 2 aromatic heterocycles. The number of amides is 2. The van der Waals surface area contributed by atoms with Crippen LogP contribution in [-0.4, -0.2) is 56.7 Å². The molecule has 1 atom stereocenters. The maximum Gasteiger partial charge on any atom is 0.255 e. The number of aliphatic hydroxyl groups excluding tert-OH is 1. The van der Waals surface area contributed by atoms with Crippen molar-refractivity contribution in [2.75, 3.05) is 6.61 Å². The summed E-state index contributed by atoms with van der Waals surface area (Å²) in [6, 6.07) is 6.26. The van der Waals surface area contributed by atoms with Gasteiger partial charge in [-0.2, -0.15) is 0 Å². The van der Waals surface area contributed by atoms with Gasteiger partial charge in [0.15, 0.2) is 0 Å². The summed E-state index contributed by atoms with van der Waals surface area (Å²) in [5, 5.41) is 15.5. The van der Waals surface area contributed by atoms with Crippen LogP contribution in [0.2, 0.25) is 0 Å². The van der Waals surface area contributed by atoms with Gasteiger partial charge < -0.3 is 25.5 Å².